The first kappa shape index (κ1) is 13.4. The standard InChI is InChI=1S/C13H13N3O2S/c1-8(2)11-12(19-16-15-11)13(18)14-10-5-3-9(7-17)4-6-10/h3-8H,1-2H3,(H,14,18). The van der Waals surface area contributed by atoms with Gasteiger partial charge in [0.25, 0.3) is 5.91 Å². The molecule has 1 aromatic heterocycles. The predicted molar refractivity (Wildman–Crippen MR) is 73.8 cm³/mol. The van der Waals surface area contributed by atoms with Gasteiger partial charge >= 0.3 is 0 Å². The maximum Gasteiger partial charge on any atom is 0.269 e. The zero-order chi connectivity index (χ0) is 13.8. The van der Waals surface area contributed by atoms with Crippen molar-refractivity contribution in [3.63, 3.8) is 0 Å². The van der Waals surface area contributed by atoms with Gasteiger partial charge in [-0.3, -0.25) is 9.59 Å². The van der Waals surface area contributed by atoms with Gasteiger partial charge in [0.15, 0.2) is 0 Å². The van der Waals surface area contributed by atoms with Gasteiger partial charge in [0.05, 0.1) is 5.69 Å². The van der Waals surface area contributed by atoms with Crippen molar-refractivity contribution in [2.24, 2.45) is 0 Å². The molecule has 1 aromatic carbocycles. The molecule has 5 nitrogen and oxygen atoms in total. The predicted octanol–water partition coefficient (Wildman–Crippen LogP) is 2.73. The number of hydrogen-bond donors (Lipinski definition) is 1. The molecule has 1 N–H and O–H groups in total. The van der Waals surface area contributed by atoms with Crippen molar-refractivity contribution in [1.29, 1.82) is 0 Å². The number of nitrogens with zero attached hydrogens (tertiary/aromatic N) is 2. The molecule has 2 rings (SSSR count). The Morgan fingerprint density at radius 2 is 2.00 bits per heavy atom. The summed E-state index contributed by atoms with van der Waals surface area (Å²) in [5.41, 5.74) is 1.91. The first-order valence-electron chi connectivity index (χ1n) is 5.80. The normalized spacial score (nSPS) is 10.5. The van der Waals surface area contributed by atoms with Crippen molar-refractivity contribution in [3.8, 4) is 0 Å². The molecule has 6 heteroatoms. The number of nitrogens with one attached hydrogen (secondary N) is 1. The lowest BCUT2D eigenvalue weighted by atomic mass is 10.1. The van der Waals surface area contributed by atoms with Gasteiger partial charge in [0, 0.05) is 11.3 Å². The highest BCUT2D eigenvalue weighted by molar-refractivity contribution is 7.08. The molecule has 98 valence electrons. The summed E-state index contributed by atoms with van der Waals surface area (Å²) >= 11 is 1.08. The lowest BCUT2D eigenvalue weighted by Crippen LogP contribution is -2.13. The molecule has 0 fully saturated rings. The topological polar surface area (TPSA) is 72.0 Å². The summed E-state index contributed by atoms with van der Waals surface area (Å²) in [6.07, 6.45) is 0.760. The monoisotopic (exact) mass is 275 g/mol. The molecular weight excluding hydrogens is 262 g/mol. The van der Waals surface area contributed by atoms with E-state index >= 15 is 0 Å². The number of carbonyl (C=O) groups is 2. The SMILES string of the molecule is CC(C)c1nnsc1C(=O)Nc1ccc(C=O)cc1. The molecule has 0 bridgehead atoms. The van der Waals surface area contributed by atoms with E-state index in [0.29, 0.717) is 21.8 Å². The van der Waals surface area contributed by atoms with Crippen molar-refractivity contribution in [2.45, 2.75) is 19.8 Å². The van der Waals surface area contributed by atoms with E-state index in [2.05, 4.69) is 14.9 Å². The van der Waals surface area contributed by atoms with E-state index in [1.54, 1.807) is 24.3 Å². The zero-order valence-electron chi connectivity index (χ0n) is 10.6. The van der Waals surface area contributed by atoms with Crippen molar-refractivity contribution < 1.29 is 9.59 Å². The maximum atomic E-state index is 12.1. The fraction of sp³-hybridized carbons (Fsp3) is 0.231. The minimum atomic E-state index is -0.224. The van der Waals surface area contributed by atoms with Crippen LogP contribution in [0.2, 0.25) is 0 Å². The number of aromatic nitrogens is 2. The number of hydrogen-bond acceptors (Lipinski definition) is 5. The smallest absolute Gasteiger partial charge is 0.269 e. The molecule has 0 saturated carbocycles. The van der Waals surface area contributed by atoms with E-state index in [9.17, 15) is 9.59 Å². The number of rotatable bonds is 4. The minimum absolute atomic E-state index is 0.150. The van der Waals surface area contributed by atoms with Crippen LogP contribution in [-0.4, -0.2) is 21.8 Å². The third-order valence-corrected chi connectivity index (χ3v) is 3.31. The van der Waals surface area contributed by atoms with Crippen LogP contribution in [0.3, 0.4) is 0 Å². The second kappa shape index (κ2) is 5.71. The second-order valence-corrected chi connectivity index (χ2v) is 5.09. The van der Waals surface area contributed by atoms with Crippen molar-refractivity contribution in [1.82, 2.24) is 9.59 Å². The Balaban J connectivity index is 2.16. The third-order valence-electron chi connectivity index (χ3n) is 2.57. The quantitative estimate of drug-likeness (QED) is 0.871. The summed E-state index contributed by atoms with van der Waals surface area (Å²) in [6.45, 7) is 3.93. The van der Waals surface area contributed by atoms with Crippen LogP contribution in [0.1, 0.15) is 45.5 Å². The number of anilines is 1. The molecule has 0 unspecified atom stereocenters. The van der Waals surface area contributed by atoms with Crippen LogP contribution in [0.4, 0.5) is 5.69 Å². The third kappa shape index (κ3) is 3.03. The molecule has 0 atom stereocenters. The number of aldehydes is 1. The van der Waals surface area contributed by atoms with Crippen LogP contribution in [-0.2, 0) is 0 Å². The summed E-state index contributed by atoms with van der Waals surface area (Å²) in [5, 5.41) is 6.73. The van der Waals surface area contributed by atoms with Crippen LogP contribution in [0.15, 0.2) is 24.3 Å². The Hall–Kier alpha value is -2.08. The van der Waals surface area contributed by atoms with Gasteiger partial charge in [-0.15, -0.1) is 5.10 Å². The second-order valence-electron chi connectivity index (χ2n) is 4.34. The summed E-state index contributed by atoms with van der Waals surface area (Å²) in [6, 6.07) is 6.67. The van der Waals surface area contributed by atoms with Crippen molar-refractivity contribution in [3.05, 3.63) is 40.4 Å². The Labute approximate surface area is 114 Å². The van der Waals surface area contributed by atoms with Gasteiger partial charge in [-0.05, 0) is 41.7 Å². The fourth-order valence-electron chi connectivity index (χ4n) is 1.57. The van der Waals surface area contributed by atoms with Gasteiger partial charge in [0.2, 0.25) is 0 Å². The highest BCUT2D eigenvalue weighted by Crippen LogP contribution is 2.21. The highest BCUT2D eigenvalue weighted by Gasteiger charge is 2.18. The van der Waals surface area contributed by atoms with Crippen molar-refractivity contribution in [2.75, 3.05) is 5.32 Å². The molecule has 0 radical (unpaired) electrons. The van der Waals surface area contributed by atoms with E-state index in [-0.39, 0.29) is 11.8 Å². The Kier molecular flexibility index (Phi) is 4.01. The minimum Gasteiger partial charge on any atom is -0.321 e. The van der Waals surface area contributed by atoms with E-state index in [4.69, 9.17) is 0 Å². The molecule has 0 aliphatic carbocycles. The first-order chi connectivity index (χ1) is 9.11. The lowest BCUT2D eigenvalue weighted by Gasteiger charge is -2.06. The average molecular weight is 275 g/mol. The zero-order valence-corrected chi connectivity index (χ0v) is 11.4. The van der Waals surface area contributed by atoms with E-state index in [0.717, 1.165) is 17.8 Å². The summed E-state index contributed by atoms with van der Waals surface area (Å²) in [4.78, 5) is 23.2. The number of amides is 1. The van der Waals surface area contributed by atoms with E-state index < -0.39 is 0 Å². The molecule has 0 aliphatic rings. The van der Waals surface area contributed by atoms with Crippen LogP contribution < -0.4 is 5.32 Å². The number of benzene rings is 1. The Morgan fingerprint density at radius 1 is 1.32 bits per heavy atom. The van der Waals surface area contributed by atoms with Crippen LogP contribution in [0, 0.1) is 0 Å². The molecule has 2 aromatic rings. The summed E-state index contributed by atoms with van der Waals surface area (Å²) in [7, 11) is 0. The lowest BCUT2D eigenvalue weighted by molar-refractivity contribution is 0.102. The van der Waals surface area contributed by atoms with Crippen LogP contribution in [0.25, 0.3) is 0 Å². The van der Waals surface area contributed by atoms with Gasteiger partial charge in [0.1, 0.15) is 11.2 Å². The van der Waals surface area contributed by atoms with Crippen molar-refractivity contribution >= 4 is 29.4 Å². The Bertz CT molecular complexity index is 590. The molecule has 0 spiro atoms. The fourth-order valence-corrected chi connectivity index (χ4v) is 2.28. The van der Waals surface area contributed by atoms with Gasteiger partial charge < -0.3 is 5.32 Å². The van der Waals surface area contributed by atoms with E-state index in [1.165, 1.54) is 0 Å². The molecule has 0 aliphatic heterocycles. The maximum absolute atomic E-state index is 12.1. The largest absolute Gasteiger partial charge is 0.321 e. The summed E-state index contributed by atoms with van der Waals surface area (Å²) in [5.74, 6) is -0.0745. The van der Waals surface area contributed by atoms with Crippen LogP contribution in [0.5, 0.6) is 0 Å². The summed E-state index contributed by atoms with van der Waals surface area (Å²) < 4.78 is 3.82. The van der Waals surface area contributed by atoms with Gasteiger partial charge in [-0.2, -0.15) is 0 Å². The molecule has 0 saturated heterocycles. The molecule has 1 amide bonds. The highest BCUT2D eigenvalue weighted by atomic mass is 32.1. The molecular formula is C13H13N3O2S. The molecule has 19 heavy (non-hydrogen) atoms. The first-order valence-corrected chi connectivity index (χ1v) is 6.58. The Morgan fingerprint density at radius 3 is 2.58 bits per heavy atom. The molecule has 1 heterocycles. The van der Waals surface area contributed by atoms with Gasteiger partial charge in [-0.25, -0.2) is 0 Å². The van der Waals surface area contributed by atoms with Gasteiger partial charge in [-0.1, -0.05) is 18.3 Å². The number of carbonyl (C=O) groups excluding carboxylic acids is 2. The average Bonchev–Trinajstić information content (AvgIpc) is 2.89. The van der Waals surface area contributed by atoms with E-state index in [1.807, 2.05) is 13.8 Å². The van der Waals surface area contributed by atoms with Crippen LogP contribution >= 0.6 is 11.5 Å².